The van der Waals surface area contributed by atoms with Crippen molar-refractivity contribution in [1.29, 1.82) is 0 Å². The third kappa shape index (κ3) is 5.00. The first-order valence-electron chi connectivity index (χ1n) is 6.51. The van der Waals surface area contributed by atoms with E-state index in [0.717, 1.165) is 12.4 Å². The SMILES string of the molecule is COCCNCc1nccn1CC(=O)N(C)C(C)C. The Morgan fingerprint density at radius 1 is 1.58 bits per heavy atom. The highest BCUT2D eigenvalue weighted by molar-refractivity contribution is 5.76. The van der Waals surface area contributed by atoms with Gasteiger partial charge < -0.3 is 19.5 Å². The average Bonchev–Trinajstić information content (AvgIpc) is 2.81. The zero-order valence-corrected chi connectivity index (χ0v) is 12.2. The third-order valence-corrected chi connectivity index (χ3v) is 3.04. The lowest BCUT2D eigenvalue weighted by Crippen LogP contribution is -2.36. The van der Waals surface area contributed by atoms with Gasteiger partial charge in [-0.2, -0.15) is 0 Å². The number of nitrogens with one attached hydrogen (secondary N) is 1. The normalized spacial score (nSPS) is 11.0. The van der Waals surface area contributed by atoms with Gasteiger partial charge in [-0.25, -0.2) is 4.98 Å². The van der Waals surface area contributed by atoms with Crippen LogP contribution < -0.4 is 5.32 Å². The number of rotatable bonds is 8. The number of aromatic nitrogens is 2. The first-order chi connectivity index (χ1) is 9.06. The Kier molecular flexibility index (Phi) is 6.52. The van der Waals surface area contributed by atoms with Gasteiger partial charge in [0.25, 0.3) is 0 Å². The molecule has 0 aliphatic rings. The van der Waals surface area contributed by atoms with Crippen LogP contribution in [0.5, 0.6) is 0 Å². The maximum absolute atomic E-state index is 12.0. The summed E-state index contributed by atoms with van der Waals surface area (Å²) in [6.45, 7) is 6.39. The number of imidazole rings is 1. The van der Waals surface area contributed by atoms with Crippen molar-refractivity contribution in [2.45, 2.75) is 33.0 Å². The molecule has 0 unspecified atom stereocenters. The molecule has 1 N–H and O–H groups in total. The maximum Gasteiger partial charge on any atom is 0.242 e. The molecule has 6 heteroatoms. The minimum absolute atomic E-state index is 0.0890. The van der Waals surface area contributed by atoms with E-state index < -0.39 is 0 Å². The van der Waals surface area contributed by atoms with Crippen molar-refractivity contribution in [3.8, 4) is 0 Å². The van der Waals surface area contributed by atoms with Crippen molar-refractivity contribution < 1.29 is 9.53 Å². The number of methoxy groups -OCH3 is 1. The quantitative estimate of drug-likeness (QED) is 0.697. The molecule has 1 aromatic rings. The first kappa shape index (κ1) is 15.7. The summed E-state index contributed by atoms with van der Waals surface area (Å²) in [7, 11) is 3.49. The molecule has 6 nitrogen and oxygen atoms in total. The van der Waals surface area contributed by atoms with Gasteiger partial charge in [0, 0.05) is 39.1 Å². The van der Waals surface area contributed by atoms with Gasteiger partial charge in [0.05, 0.1) is 13.2 Å². The average molecular weight is 268 g/mol. The predicted octanol–water partition coefficient (Wildman–Crippen LogP) is 0.486. The van der Waals surface area contributed by atoms with Crippen LogP contribution in [0.3, 0.4) is 0 Å². The number of carbonyl (C=O) groups is 1. The number of ether oxygens (including phenoxy) is 1. The minimum atomic E-state index is 0.0890. The second-order valence-corrected chi connectivity index (χ2v) is 4.74. The summed E-state index contributed by atoms with van der Waals surface area (Å²) in [6.07, 6.45) is 3.55. The fourth-order valence-corrected chi connectivity index (χ4v) is 1.57. The Balaban J connectivity index is 2.50. The number of likely N-dealkylation sites (N-methyl/N-ethyl adjacent to an activating group) is 1. The molecule has 1 aromatic heterocycles. The van der Waals surface area contributed by atoms with Gasteiger partial charge in [-0.3, -0.25) is 4.79 Å². The molecular formula is C13H24N4O2. The summed E-state index contributed by atoms with van der Waals surface area (Å²) in [5.74, 6) is 0.952. The number of hydrogen-bond donors (Lipinski definition) is 1. The standard InChI is InChI=1S/C13H24N4O2/c1-11(2)16(3)13(18)10-17-7-5-15-12(17)9-14-6-8-19-4/h5,7,11,14H,6,8-10H2,1-4H3. The van der Waals surface area contributed by atoms with Crippen molar-refractivity contribution in [3.63, 3.8) is 0 Å². The van der Waals surface area contributed by atoms with E-state index in [1.807, 2.05) is 31.7 Å². The Morgan fingerprint density at radius 2 is 2.32 bits per heavy atom. The largest absolute Gasteiger partial charge is 0.383 e. The molecule has 0 saturated heterocycles. The number of carbonyl (C=O) groups excluding carboxylic acids is 1. The molecule has 0 aliphatic heterocycles. The lowest BCUT2D eigenvalue weighted by molar-refractivity contribution is -0.132. The summed E-state index contributed by atoms with van der Waals surface area (Å²) in [4.78, 5) is 18.0. The minimum Gasteiger partial charge on any atom is -0.383 e. The second-order valence-electron chi connectivity index (χ2n) is 4.74. The second kappa shape index (κ2) is 7.91. The molecule has 0 aliphatic carbocycles. The maximum atomic E-state index is 12.0. The molecule has 1 rings (SSSR count). The van der Waals surface area contributed by atoms with Crippen LogP contribution in [-0.4, -0.2) is 53.7 Å². The Morgan fingerprint density at radius 3 is 2.95 bits per heavy atom. The zero-order valence-electron chi connectivity index (χ0n) is 12.2. The van der Waals surface area contributed by atoms with Crippen LogP contribution in [0.25, 0.3) is 0 Å². The van der Waals surface area contributed by atoms with Crippen molar-refractivity contribution in [2.75, 3.05) is 27.3 Å². The van der Waals surface area contributed by atoms with Crippen molar-refractivity contribution >= 4 is 5.91 Å². The van der Waals surface area contributed by atoms with E-state index in [2.05, 4.69) is 10.3 Å². The summed E-state index contributed by atoms with van der Waals surface area (Å²) in [6, 6.07) is 0.208. The molecule has 1 heterocycles. The van der Waals surface area contributed by atoms with Crippen LogP contribution in [0.1, 0.15) is 19.7 Å². The highest BCUT2D eigenvalue weighted by Gasteiger charge is 2.13. The topological polar surface area (TPSA) is 59.4 Å². The number of nitrogens with zero attached hydrogens (tertiary/aromatic N) is 3. The molecule has 0 spiro atoms. The van der Waals surface area contributed by atoms with Gasteiger partial charge in [-0.1, -0.05) is 0 Å². The zero-order chi connectivity index (χ0) is 14.3. The van der Waals surface area contributed by atoms with Crippen molar-refractivity contribution in [2.24, 2.45) is 0 Å². The molecule has 0 radical (unpaired) electrons. The van der Waals surface area contributed by atoms with Crippen LogP contribution in [0.4, 0.5) is 0 Å². The van der Waals surface area contributed by atoms with Gasteiger partial charge in [0.2, 0.25) is 5.91 Å². The van der Waals surface area contributed by atoms with E-state index in [1.165, 1.54) is 0 Å². The summed E-state index contributed by atoms with van der Waals surface area (Å²) in [5.41, 5.74) is 0. The number of amides is 1. The van der Waals surface area contributed by atoms with E-state index in [1.54, 1.807) is 18.2 Å². The molecule has 0 aromatic carbocycles. The lowest BCUT2D eigenvalue weighted by Gasteiger charge is -2.22. The molecule has 0 atom stereocenters. The molecule has 0 fully saturated rings. The van der Waals surface area contributed by atoms with Crippen LogP contribution in [0.2, 0.25) is 0 Å². The summed E-state index contributed by atoms with van der Waals surface area (Å²) < 4.78 is 6.84. The van der Waals surface area contributed by atoms with Gasteiger partial charge in [-0.15, -0.1) is 0 Å². The van der Waals surface area contributed by atoms with Gasteiger partial charge in [-0.05, 0) is 13.8 Å². The van der Waals surface area contributed by atoms with E-state index in [0.29, 0.717) is 19.7 Å². The highest BCUT2D eigenvalue weighted by atomic mass is 16.5. The van der Waals surface area contributed by atoms with Crippen LogP contribution in [0.15, 0.2) is 12.4 Å². The van der Waals surface area contributed by atoms with Crippen LogP contribution in [0, 0.1) is 0 Å². The molecular weight excluding hydrogens is 244 g/mol. The van der Waals surface area contributed by atoms with Crippen LogP contribution in [-0.2, 0) is 22.6 Å². The monoisotopic (exact) mass is 268 g/mol. The Labute approximate surface area is 114 Å². The van der Waals surface area contributed by atoms with E-state index in [9.17, 15) is 4.79 Å². The van der Waals surface area contributed by atoms with Crippen LogP contribution >= 0.6 is 0 Å². The van der Waals surface area contributed by atoms with Gasteiger partial charge in [0.1, 0.15) is 12.4 Å². The fourth-order valence-electron chi connectivity index (χ4n) is 1.57. The third-order valence-electron chi connectivity index (χ3n) is 3.04. The summed E-state index contributed by atoms with van der Waals surface area (Å²) >= 11 is 0. The van der Waals surface area contributed by atoms with Crippen molar-refractivity contribution in [1.82, 2.24) is 19.8 Å². The molecule has 0 bridgehead atoms. The first-order valence-corrected chi connectivity index (χ1v) is 6.51. The predicted molar refractivity (Wildman–Crippen MR) is 73.7 cm³/mol. The highest BCUT2D eigenvalue weighted by Crippen LogP contribution is 2.01. The molecule has 1 amide bonds. The Bertz CT molecular complexity index is 390. The molecule has 19 heavy (non-hydrogen) atoms. The smallest absolute Gasteiger partial charge is 0.242 e. The lowest BCUT2D eigenvalue weighted by atomic mass is 10.3. The Hall–Kier alpha value is -1.40. The van der Waals surface area contributed by atoms with E-state index >= 15 is 0 Å². The molecule has 0 saturated carbocycles. The van der Waals surface area contributed by atoms with E-state index in [4.69, 9.17) is 4.74 Å². The van der Waals surface area contributed by atoms with E-state index in [-0.39, 0.29) is 11.9 Å². The number of hydrogen-bond acceptors (Lipinski definition) is 4. The van der Waals surface area contributed by atoms with Gasteiger partial charge in [0.15, 0.2) is 0 Å². The fraction of sp³-hybridized carbons (Fsp3) is 0.692. The summed E-state index contributed by atoms with van der Waals surface area (Å²) in [5, 5.41) is 3.22. The molecule has 108 valence electrons. The van der Waals surface area contributed by atoms with Crippen molar-refractivity contribution in [3.05, 3.63) is 18.2 Å². The van der Waals surface area contributed by atoms with Gasteiger partial charge >= 0.3 is 0 Å².